The van der Waals surface area contributed by atoms with E-state index >= 15 is 0 Å². The Morgan fingerprint density at radius 2 is 2.29 bits per heavy atom. The summed E-state index contributed by atoms with van der Waals surface area (Å²) in [6.07, 6.45) is 1.38. The molecule has 0 aromatic carbocycles. The first-order chi connectivity index (χ1) is 8.16. The van der Waals surface area contributed by atoms with E-state index in [0.717, 1.165) is 11.4 Å². The summed E-state index contributed by atoms with van der Waals surface area (Å²) in [5.41, 5.74) is 2.05. The molecule has 0 aliphatic rings. The number of nitrogens with zero attached hydrogens (tertiary/aromatic N) is 1. The van der Waals surface area contributed by atoms with Crippen LogP contribution in [0.3, 0.4) is 0 Å². The summed E-state index contributed by atoms with van der Waals surface area (Å²) in [5, 5.41) is 2.82. The van der Waals surface area contributed by atoms with Gasteiger partial charge in [0.2, 0.25) is 5.22 Å². The van der Waals surface area contributed by atoms with E-state index < -0.39 is 0 Å². The maximum Gasteiger partial charge on any atom is 0.256 e. The second-order valence-electron chi connectivity index (χ2n) is 3.56. The maximum atomic E-state index is 11.7. The Morgan fingerprint density at radius 1 is 1.47 bits per heavy atom. The van der Waals surface area contributed by atoms with Gasteiger partial charge in [-0.1, -0.05) is 6.07 Å². The van der Waals surface area contributed by atoms with E-state index in [0.29, 0.717) is 12.1 Å². The molecule has 0 aliphatic heterocycles. The summed E-state index contributed by atoms with van der Waals surface area (Å²) in [4.78, 5) is 16.0. The monoisotopic (exact) mass is 250 g/mol. The minimum Gasteiger partial charge on any atom is -0.452 e. The van der Waals surface area contributed by atoms with Crippen LogP contribution in [0.15, 0.2) is 34.9 Å². The summed E-state index contributed by atoms with van der Waals surface area (Å²) in [5.74, 6) is -0.271. The van der Waals surface area contributed by atoms with E-state index in [1.165, 1.54) is 12.3 Å². The molecule has 2 aromatic rings. The van der Waals surface area contributed by atoms with Gasteiger partial charge in [0.1, 0.15) is 0 Å². The SMILES string of the molecule is Cc1cccc(CNC(=O)c2ccoc2Cl)n1. The van der Waals surface area contributed by atoms with Crippen molar-refractivity contribution in [1.29, 1.82) is 0 Å². The number of aryl methyl sites for hydroxylation is 1. The van der Waals surface area contributed by atoms with Crippen LogP contribution < -0.4 is 5.32 Å². The van der Waals surface area contributed by atoms with Gasteiger partial charge in [-0.2, -0.15) is 0 Å². The van der Waals surface area contributed by atoms with Crippen LogP contribution >= 0.6 is 11.6 Å². The Kier molecular flexibility index (Phi) is 3.44. The molecule has 5 heteroatoms. The summed E-state index contributed by atoms with van der Waals surface area (Å²) in [7, 11) is 0. The Bertz CT molecular complexity index is 537. The number of hydrogen-bond acceptors (Lipinski definition) is 3. The summed E-state index contributed by atoms with van der Waals surface area (Å²) >= 11 is 5.70. The van der Waals surface area contributed by atoms with Crippen molar-refractivity contribution in [2.24, 2.45) is 0 Å². The number of aromatic nitrogens is 1. The third-order valence-electron chi connectivity index (χ3n) is 2.24. The van der Waals surface area contributed by atoms with Crippen LogP contribution in [0.4, 0.5) is 0 Å². The van der Waals surface area contributed by atoms with Crippen molar-refractivity contribution in [3.63, 3.8) is 0 Å². The number of hydrogen-bond donors (Lipinski definition) is 1. The molecule has 4 nitrogen and oxygen atoms in total. The smallest absolute Gasteiger partial charge is 0.256 e. The highest BCUT2D eigenvalue weighted by Gasteiger charge is 2.12. The minimum atomic E-state index is -0.271. The van der Waals surface area contributed by atoms with E-state index in [4.69, 9.17) is 16.0 Å². The predicted molar refractivity (Wildman–Crippen MR) is 63.9 cm³/mol. The van der Waals surface area contributed by atoms with Gasteiger partial charge in [0, 0.05) is 5.69 Å². The van der Waals surface area contributed by atoms with Crippen LogP contribution in [-0.2, 0) is 6.54 Å². The first-order valence-corrected chi connectivity index (χ1v) is 5.48. The number of amides is 1. The Hall–Kier alpha value is -1.81. The lowest BCUT2D eigenvalue weighted by Gasteiger charge is -2.04. The number of halogens is 1. The van der Waals surface area contributed by atoms with Gasteiger partial charge >= 0.3 is 0 Å². The van der Waals surface area contributed by atoms with E-state index in [-0.39, 0.29) is 11.1 Å². The molecule has 1 N–H and O–H groups in total. The Morgan fingerprint density at radius 3 is 2.94 bits per heavy atom. The van der Waals surface area contributed by atoms with Gasteiger partial charge in [-0.25, -0.2) is 0 Å². The maximum absolute atomic E-state index is 11.7. The van der Waals surface area contributed by atoms with Crippen molar-refractivity contribution >= 4 is 17.5 Å². The van der Waals surface area contributed by atoms with Crippen molar-refractivity contribution in [3.8, 4) is 0 Å². The number of pyridine rings is 1. The minimum absolute atomic E-state index is 0.0969. The van der Waals surface area contributed by atoms with Gasteiger partial charge in [-0.05, 0) is 36.7 Å². The number of rotatable bonds is 3. The number of carbonyl (C=O) groups excluding carboxylic acids is 1. The zero-order chi connectivity index (χ0) is 12.3. The van der Waals surface area contributed by atoms with Crippen molar-refractivity contribution in [2.45, 2.75) is 13.5 Å². The normalized spacial score (nSPS) is 10.2. The molecule has 1 amide bonds. The molecule has 0 aliphatic carbocycles. The first kappa shape index (κ1) is 11.7. The average molecular weight is 251 g/mol. The third-order valence-corrected chi connectivity index (χ3v) is 2.53. The van der Waals surface area contributed by atoms with E-state index in [2.05, 4.69) is 10.3 Å². The highest BCUT2D eigenvalue weighted by atomic mass is 35.5. The molecule has 2 aromatic heterocycles. The molecule has 17 heavy (non-hydrogen) atoms. The van der Waals surface area contributed by atoms with Gasteiger partial charge in [-0.3, -0.25) is 9.78 Å². The number of nitrogens with one attached hydrogen (secondary N) is 1. The zero-order valence-corrected chi connectivity index (χ0v) is 9.99. The standard InChI is InChI=1S/C12H11ClN2O2/c1-8-3-2-4-9(15-8)7-14-12(16)10-5-6-17-11(10)13/h2-6H,7H2,1H3,(H,14,16). The van der Waals surface area contributed by atoms with Gasteiger partial charge in [0.05, 0.1) is 24.1 Å². The third kappa shape index (κ3) is 2.85. The molecule has 0 unspecified atom stereocenters. The molecular weight excluding hydrogens is 240 g/mol. The topological polar surface area (TPSA) is 55.1 Å². The van der Waals surface area contributed by atoms with E-state index in [9.17, 15) is 4.79 Å². The van der Waals surface area contributed by atoms with Crippen molar-refractivity contribution in [3.05, 3.63) is 52.7 Å². The zero-order valence-electron chi connectivity index (χ0n) is 9.24. The molecule has 0 bridgehead atoms. The largest absolute Gasteiger partial charge is 0.452 e. The highest BCUT2D eigenvalue weighted by Crippen LogP contribution is 2.16. The second-order valence-corrected chi connectivity index (χ2v) is 3.90. The molecule has 2 heterocycles. The average Bonchev–Trinajstić information content (AvgIpc) is 2.72. The summed E-state index contributed by atoms with van der Waals surface area (Å²) in [6.45, 7) is 2.26. The molecular formula is C12H11ClN2O2. The number of furan rings is 1. The van der Waals surface area contributed by atoms with Gasteiger partial charge in [0.25, 0.3) is 5.91 Å². The van der Waals surface area contributed by atoms with Crippen LogP contribution in [0.2, 0.25) is 5.22 Å². The van der Waals surface area contributed by atoms with Crippen LogP contribution in [0.5, 0.6) is 0 Å². The lowest BCUT2D eigenvalue weighted by molar-refractivity contribution is 0.0950. The molecule has 88 valence electrons. The van der Waals surface area contributed by atoms with Crippen molar-refractivity contribution in [2.75, 3.05) is 0 Å². The van der Waals surface area contributed by atoms with Crippen molar-refractivity contribution in [1.82, 2.24) is 10.3 Å². The van der Waals surface area contributed by atoms with Crippen LogP contribution in [0, 0.1) is 6.92 Å². The quantitative estimate of drug-likeness (QED) is 0.911. The molecule has 2 rings (SSSR count). The summed E-state index contributed by atoms with van der Waals surface area (Å²) < 4.78 is 4.85. The lowest BCUT2D eigenvalue weighted by atomic mass is 10.3. The molecule has 0 radical (unpaired) electrons. The highest BCUT2D eigenvalue weighted by molar-refractivity contribution is 6.32. The molecule has 0 spiro atoms. The van der Waals surface area contributed by atoms with Crippen LogP contribution in [0.25, 0.3) is 0 Å². The fraction of sp³-hybridized carbons (Fsp3) is 0.167. The predicted octanol–water partition coefficient (Wildman–Crippen LogP) is 2.57. The van der Waals surface area contributed by atoms with Crippen LogP contribution in [0.1, 0.15) is 21.7 Å². The van der Waals surface area contributed by atoms with Gasteiger partial charge in [0.15, 0.2) is 0 Å². The summed E-state index contributed by atoms with van der Waals surface area (Å²) in [6, 6.07) is 7.18. The second kappa shape index (κ2) is 5.01. The fourth-order valence-corrected chi connectivity index (χ4v) is 1.62. The Labute approximate surface area is 104 Å². The first-order valence-electron chi connectivity index (χ1n) is 5.10. The molecule has 0 atom stereocenters. The molecule has 0 saturated heterocycles. The molecule has 0 saturated carbocycles. The van der Waals surface area contributed by atoms with Crippen molar-refractivity contribution < 1.29 is 9.21 Å². The number of carbonyl (C=O) groups is 1. The van der Waals surface area contributed by atoms with Gasteiger partial charge < -0.3 is 9.73 Å². The lowest BCUT2D eigenvalue weighted by Crippen LogP contribution is -2.23. The van der Waals surface area contributed by atoms with Gasteiger partial charge in [-0.15, -0.1) is 0 Å². The van der Waals surface area contributed by atoms with E-state index in [1.807, 2.05) is 25.1 Å². The molecule has 0 fully saturated rings. The van der Waals surface area contributed by atoms with E-state index in [1.54, 1.807) is 0 Å². The fourth-order valence-electron chi connectivity index (χ4n) is 1.42. The Balaban J connectivity index is 1.99. The van der Waals surface area contributed by atoms with Crippen LogP contribution in [-0.4, -0.2) is 10.9 Å².